The van der Waals surface area contributed by atoms with Crippen molar-refractivity contribution in [2.24, 2.45) is 5.92 Å². The molecule has 8 heteroatoms. The Bertz CT molecular complexity index is 1370. The number of anilines is 1. The smallest absolute Gasteiger partial charge is 0.243 e. The molecule has 3 aromatic rings. The van der Waals surface area contributed by atoms with Crippen LogP contribution in [-0.4, -0.2) is 62.8 Å². The molecule has 0 bridgehead atoms. The van der Waals surface area contributed by atoms with Crippen molar-refractivity contribution in [2.45, 2.75) is 24.7 Å². The molecule has 0 spiro atoms. The average Bonchev–Trinajstić information content (AvgIpc) is 3.37. The summed E-state index contributed by atoms with van der Waals surface area (Å²) in [4.78, 5) is 18.3. The summed E-state index contributed by atoms with van der Waals surface area (Å²) in [7, 11) is -3.75. The lowest BCUT2D eigenvalue weighted by Crippen LogP contribution is -2.51. The second-order valence-electron chi connectivity index (χ2n) is 10.0. The number of piperazine rings is 1. The van der Waals surface area contributed by atoms with Crippen molar-refractivity contribution in [1.82, 2.24) is 9.21 Å². The molecule has 5 rings (SSSR count). The molecule has 0 radical (unpaired) electrons. The molecule has 0 aromatic heterocycles. The van der Waals surface area contributed by atoms with Gasteiger partial charge in [0.15, 0.2) is 0 Å². The Hall–Kier alpha value is -2.87. The Morgan fingerprint density at radius 1 is 0.865 bits per heavy atom. The standard InChI is InChI=1S/C29H32ClN3O3S/c1-21-8-9-22(2)28(18-21)31-14-16-32(17-15-31)29(34)27-20-33(19-26(27)23-6-4-3-5-7-23)37(35,36)25-12-10-24(30)11-13-25/h3-13,18,26-27H,14-17,19-20H2,1-2H3/t26-,27+/m0/s1. The highest BCUT2D eigenvalue weighted by atomic mass is 35.5. The summed E-state index contributed by atoms with van der Waals surface area (Å²) in [5.41, 5.74) is 4.66. The Kier molecular flexibility index (Phi) is 7.30. The number of rotatable bonds is 5. The third-order valence-corrected chi connectivity index (χ3v) is 9.68. The fraction of sp³-hybridized carbons (Fsp3) is 0.345. The predicted octanol–water partition coefficient (Wildman–Crippen LogP) is 4.71. The van der Waals surface area contributed by atoms with Gasteiger partial charge in [-0.25, -0.2) is 8.42 Å². The Morgan fingerprint density at radius 3 is 2.22 bits per heavy atom. The Balaban J connectivity index is 1.36. The van der Waals surface area contributed by atoms with Gasteiger partial charge in [-0.2, -0.15) is 4.31 Å². The number of aryl methyl sites for hydroxylation is 2. The first kappa shape index (κ1) is 25.8. The second-order valence-corrected chi connectivity index (χ2v) is 12.4. The van der Waals surface area contributed by atoms with Gasteiger partial charge in [-0.15, -0.1) is 0 Å². The number of sulfonamides is 1. The van der Waals surface area contributed by atoms with E-state index in [1.165, 1.54) is 33.3 Å². The van der Waals surface area contributed by atoms with Crippen molar-refractivity contribution in [3.05, 3.63) is 94.5 Å². The largest absolute Gasteiger partial charge is 0.368 e. The molecule has 3 aromatic carbocycles. The molecule has 0 aliphatic carbocycles. The Labute approximate surface area is 224 Å². The molecule has 0 unspecified atom stereocenters. The van der Waals surface area contributed by atoms with E-state index in [9.17, 15) is 13.2 Å². The summed E-state index contributed by atoms with van der Waals surface area (Å²) in [6, 6.07) is 22.5. The van der Waals surface area contributed by atoms with Crippen LogP contribution in [-0.2, 0) is 14.8 Å². The topological polar surface area (TPSA) is 60.9 Å². The first-order valence-electron chi connectivity index (χ1n) is 12.7. The van der Waals surface area contributed by atoms with Gasteiger partial charge in [-0.05, 0) is 60.9 Å². The average molecular weight is 538 g/mol. The van der Waals surface area contributed by atoms with E-state index < -0.39 is 15.9 Å². The van der Waals surface area contributed by atoms with Crippen molar-refractivity contribution in [1.29, 1.82) is 0 Å². The second kappa shape index (κ2) is 10.5. The number of carbonyl (C=O) groups is 1. The summed E-state index contributed by atoms with van der Waals surface area (Å²) >= 11 is 5.98. The fourth-order valence-electron chi connectivity index (χ4n) is 5.47. The molecule has 2 atom stereocenters. The van der Waals surface area contributed by atoms with E-state index in [0.717, 1.165) is 18.7 Å². The molecule has 6 nitrogen and oxygen atoms in total. The molecule has 2 fully saturated rings. The van der Waals surface area contributed by atoms with Crippen molar-refractivity contribution in [3.63, 3.8) is 0 Å². The van der Waals surface area contributed by atoms with Gasteiger partial charge in [0.05, 0.1) is 10.8 Å². The number of hydrogen-bond donors (Lipinski definition) is 0. The van der Waals surface area contributed by atoms with Gasteiger partial charge < -0.3 is 9.80 Å². The summed E-state index contributed by atoms with van der Waals surface area (Å²) in [6.07, 6.45) is 0. The highest BCUT2D eigenvalue weighted by Crippen LogP contribution is 2.37. The van der Waals surface area contributed by atoms with E-state index in [1.807, 2.05) is 35.2 Å². The van der Waals surface area contributed by atoms with E-state index in [-0.39, 0.29) is 29.8 Å². The van der Waals surface area contributed by atoms with Crippen LogP contribution in [0, 0.1) is 19.8 Å². The van der Waals surface area contributed by atoms with E-state index in [4.69, 9.17) is 11.6 Å². The maximum absolute atomic E-state index is 13.9. The number of benzene rings is 3. The van der Waals surface area contributed by atoms with Crippen LogP contribution in [0.15, 0.2) is 77.7 Å². The summed E-state index contributed by atoms with van der Waals surface area (Å²) in [6.45, 7) is 7.40. The first-order chi connectivity index (χ1) is 17.7. The van der Waals surface area contributed by atoms with Gasteiger partial charge in [0.2, 0.25) is 15.9 Å². The van der Waals surface area contributed by atoms with Crippen LogP contribution in [0.2, 0.25) is 5.02 Å². The quantitative estimate of drug-likeness (QED) is 0.473. The predicted molar refractivity (Wildman–Crippen MR) is 148 cm³/mol. The molecule has 2 heterocycles. The lowest BCUT2D eigenvalue weighted by atomic mass is 9.88. The van der Waals surface area contributed by atoms with Crippen LogP contribution in [0.1, 0.15) is 22.6 Å². The SMILES string of the molecule is Cc1ccc(C)c(N2CCN(C(=O)[C@@H]3CN(S(=O)(=O)c4ccc(Cl)cc4)C[C@H]3c3ccccc3)CC2)c1. The number of nitrogens with zero attached hydrogens (tertiary/aromatic N) is 3. The van der Waals surface area contributed by atoms with Crippen LogP contribution in [0.3, 0.4) is 0 Å². The zero-order valence-electron chi connectivity index (χ0n) is 21.2. The van der Waals surface area contributed by atoms with Gasteiger partial charge in [0.1, 0.15) is 0 Å². The van der Waals surface area contributed by atoms with Crippen molar-refractivity contribution >= 4 is 33.2 Å². The summed E-state index contributed by atoms with van der Waals surface area (Å²) in [5.74, 6) is -0.604. The first-order valence-corrected chi connectivity index (χ1v) is 14.5. The van der Waals surface area contributed by atoms with Crippen LogP contribution in [0.4, 0.5) is 5.69 Å². The van der Waals surface area contributed by atoms with E-state index in [0.29, 0.717) is 18.1 Å². The van der Waals surface area contributed by atoms with Crippen LogP contribution < -0.4 is 4.90 Å². The van der Waals surface area contributed by atoms with Gasteiger partial charge in [-0.3, -0.25) is 4.79 Å². The van der Waals surface area contributed by atoms with Crippen molar-refractivity contribution in [3.8, 4) is 0 Å². The Morgan fingerprint density at radius 2 is 1.54 bits per heavy atom. The molecule has 1 amide bonds. The van der Waals surface area contributed by atoms with Crippen LogP contribution >= 0.6 is 11.6 Å². The van der Waals surface area contributed by atoms with Gasteiger partial charge in [0.25, 0.3) is 0 Å². The van der Waals surface area contributed by atoms with Crippen molar-refractivity contribution in [2.75, 3.05) is 44.2 Å². The molecular formula is C29H32ClN3O3S. The minimum Gasteiger partial charge on any atom is -0.368 e. The summed E-state index contributed by atoms with van der Waals surface area (Å²) < 4.78 is 28.4. The number of amides is 1. The number of carbonyl (C=O) groups excluding carboxylic acids is 1. The zero-order valence-corrected chi connectivity index (χ0v) is 22.8. The molecule has 2 aliphatic heterocycles. The van der Waals surface area contributed by atoms with Gasteiger partial charge in [-0.1, -0.05) is 54.1 Å². The maximum Gasteiger partial charge on any atom is 0.243 e. The van der Waals surface area contributed by atoms with E-state index in [1.54, 1.807) is 12.1 Å². The highest BCUT2D eigenvalue weighted by Gasteiger charge is 2.45. The van der Waals surface area contributed by atoms with Gasteiger partial charge >= 0.3 is 0 Å². The molecule has 194 valence electrons. The normalized spacial score (nSPS) is 20.8. The third kappa shape index (κ3) is 5.26. The monoisotopic (exact) mass is 537 g/mol. The molecule has 2 saturated heterocycles. The molecule has 37 heavy (non-hydrogen) atoms. The molecule has 0 saturated carbocycles. The van der Waals surface area contributed by atoms with Crippen molar-refractivity contribution < 1.29 is 13.2 Å². The molecule has 0 N–H and O–H groups in total. The minimum absolute atomic E-state index is 0.0308. The van der Waals surface area contributed by atoms with E-state index in [2.05, 4.69) is 36.9 Å². The van der Waals surface area contributed by atoms with E-state index >= 15 is 0 Å². The lowest BCUT2D eigenvalue weighted by Gasteiger charge is -2.38. The third-order valence-electron chi connectivity index (χ3n) is 7.58. The lowest BCUT2D eigenvalue weighted by molar-refractivity contribution is -0.135. The molecule has 2 aliphatic rings. The highest BCUT2D eigenvalue weighted by molar-refractivity contribution is 7.89. The maximum atomic E-state index is 13.9. The zero-order chi connectivity index (χ0) is 26.2. The van der Waals surface area contributed by atoms with Crippen LogP contribution in [0.5, 0.6) is 0 Å². The summed E-state index contributed by atoms with van der Waals surface area (Å²) in [5, 5.41) is 0.482. The number of hydrogen-bond acceptors (Lipinski definition) is 4. The minimum atomic E-state index is -3.75. The fourth-order valence-corrected chi connectivity index (χ4v) is 7.09. The van der Waals surface area contributed by atoms with Crippen LogP contribution in [0.25, 0.3) is 0 Å². The van der Waals surface area contributed by atoms with Gasteiger partial charge in [0, 0.05) is 55.9 Å². The number of halogens is 1. The molecular weight excluding hydrogens is 506 g/mol.